The summed E-state index contributed by atoms with van der Waals surface area (Å²) in [5, 5.41) is 0. The summed E-state index contributed by atoms with van der Waals surface area (Å²) in [7, 11) is 0.477. The molecule has 1 rings (SSSR count). The van der Waals surface area contributed by atoms with Gasteiger partial charge in [0.25, 0.3) is 0 Å². The van der Waals surface area contributed by atoms with E-state index in [1.807, 2.05) is 0 Å². The molecule has 0 aromatic carbocycles. The van der Waals surface area contributed by atoms with Crippen LogP contribution in [0.25, 0.3) is 0 Å². The van der Waals surface area contributed by atoms with E-state index in [0.717, 1.165) is 5.92 Å². The first-order valence-corrected chi connectivity index (χ1v) is 5.81. The Hall–Kier alpha value is 0.856. The summed E-state index contributed by atoms with van der Waals surface area (Å²) in [5.74, 6) is 3.70. The molecule has 0 amide bonds. The summed E-state index contributed by atoms with van der Waals surface area (Å²) in [6, 6.07) is 0. The van der Waals surface area contributed by atoms with Crippen molar-refractivity contribution in [3.8, 4) is 0 Å². The molecule has 0 spiro atoms. The van der Waals surface area contributed by atoms with Crippen LogP contribution in [0.3, 0.4) is 0 Å². The first-order chi connectivity index (χ1) is 3.79. The molecule has 1 fully saturated rings. The second-order valence-corrected chi connectivity index (χ2v) is 5.90. The van der Waals surface area contributed by atoms with Gasteiger partial charge in [0, 0.05) is 0 Å². The molecule has 0 saturated carbocycles. The quantitative estimate of drug-likeness (QED) is 0.529. The summed E-state index contributed by atoms with van der Waals surface area (Å²) in [6.45, 7) is 2.34. The summed E-state index contributed by atoms with van der Waals surface area (Å²) >= 11 is 4.48. The van der Waals surface area contributed by atoms with Crippen LogP contribution in [0, 0.1) is 5.92 Å². The van der Waals surface area contributed by atoms with Crippen LogP contribution in [0.5, 0.6) is 0 Å². The maximum absolute atomic E-state index is 4.48. The average Bonchev–Trinajstić information content (AvgIpc) is 1.77. The molecule has 1 aliphatic heterocycles. The Labute approximate surface area is 60.5 Å². The first kappa shape index (κ1) is 6.97. The molecule has 1 heterocycles. The molecule has 1 aliphatic rings. The van der Waals surface area contributed by atoms with Gasteiger partial charge in [-0.1, -0.05) is 0 Å². The molecule has 0 nitrogen and oxygen atoms in total. The van der Waals surface area contributed by atoms with Crippen LogP contribution in [0.15, 0.2) is 0 Å². The van der Waals surface area contributed by atoms with Gasteiger partial charge in [0.15, 0.2) is 0 Å². The SMILES string of the molecule is CC1CC[S](=[Co])CC1. The number of hydrogen-bond acceptors (Lipinski definition) is 0. The Balaban J connectivity index is 2.29. The standard InChI is InChI=1S/C6H12S.Co/c1-6-2-4-7-5-3-6;/h6H,2-5H2,1H3;. The van der Waals surface area contributed by atoms with Gasteiger partial charge in [-0.15, -0.1) is 0 Å². The van der Waals surface area contributed by atoms with Crippen molar-refractivity contribution < 1.29 is 14.1 Å². The van der Waals surface area contributed by atoms with Crippen molar-refractivity contribution in [3.63, 3.8) is 0 Å². The maximum atomic E-state index is 4.48. The molecule has 0 bridgehead atoms. The van der Waals surface area contributed by atoms with E-state index in [1.54, 1.807) is 0 Å². The van der Waals surface area contributed by atoms with Crippen molar-refractivity contribution in [3.05, 3.63) is 0 Å². The average molecular weight is 175 g/mol. The van der Waals surface area contributed by atoms with Crippen molar-refractivity contribution >= 4 is 8.87 Å². The van der Waals surface area contributed by atoms with E-state index in [9.17, 15) is 0 Å². The molecular weight excluding hydrogens is 163 g/mol. The van der Waals surface area contributed by atoms with Gasteiger partial charge in [-0.05, 0) is 0 Å². The second kappa shape index (κ2) is 3.13. The molecule has 8 heavy (non-hydrogen) atoms. The van der Waals surface area contributed by atoms with Gasteiger partial charge in [-0.3, -0.25) is 0 Å². The number of rotatable bonds is 0. The third-order valence-corrected chi connectivity index (χ3v) is 4.24. The normalized spacial score (nSPS) is 39.8. The fourth-order valence-corrected chi connectivity index (χ4v) is 3.13. The molecule has 1 saturated heterocycles. The summed E-state index contributed by atoms with van der Waals surface area (Å²) in [6.07, 6.45) is 2.82. The summed E-state index contributed by atoms with van der Waals surface area (Å²) in [5.41, 5.74) is 0. The van der Waals surface area contributed by atoms with Crippen molar-refractivity contribution in [2.24, 2.45) is 5.92 Å². The number of hydrogen-bond donors (Lipinski definition) is 0. The Bertz CT molecular complexity index is 90.7. The molecule has 0 radical (unpaired) electrons. The van der Waals surface area contributed by atoms with E-state index in [0.29, 0.717) is 8.87 Å². The van der Waals surface area contributed by atoms with E-state index < -0.39 is 0 Å². The molecule has 0 atom stereocenters. The zero-order valence-corrected chi connectivity index (χ0v) is 7.00. The fraction of sp³-hybridized carbons (Fsp3) is 1.00. The molecule has 0 aliphatic carbocycles. The van der Waals surface area contributed by atoms with E-state index in [1.165, 1.54) is 24.3 Å². The first-order valence-electron chi connectivity index (χ1n) is 3.11. The van der Waals surface area contributed by atoms with Gasteiger partial charge in [0.05, 0.1) is 0 Å². The molecule has 0 unspecified atom stereocenters. The Morgan fingerprint density at radius 3 is 2.25 bits per heavy atom. The van der Waals surface area contributed by atoms with Gasteiger partial charge in [-0.2, -0.15) is 0 Å². The third-order valence-electron chi connectivity index (χ3n) is 1.65. The van der Waals surface area contributed by atoms with Gasteiger partial charge in [-0.25, -0.2) is 0 Å². The Morgan fingerprint density at radius 1 is 1.38 bits per heavy atom. The van der Waals surface area contributed by atoms with E-state index in [-0.39, 0.29) is 0 Å². The van der Waals surface area contributed by atoms with E-state index in [2.05, 4.69) is 21.0 Å². The topological polar surface area (TPSA) is 0 Å². The van der Waals surface area contributed by atoms with Crippen LogP contribution in [0.1, 0.15) is 19.8 Å². The van der Waals surface area contributed by atoms with Crippen molar-refractivity contribution in [1.82, 2.24) is 0 Å². The van der Waals surface area contributed by atoms with E-state index >= 15 is 0 Å². The predicted molar refractivity (Wildman–Crippen MR) is 35.7 cm³/mol. The second-order valence-electron chi connectivity index (χ2n) is 2.49. The molecule has 0 aromatic rings. The van der Waals surface area contributed by atoms with Crippen LogP contribution >= 0.6 is 8.87 Å². The minimum atomic E-state index is 0.477. The monoisotopic (exact) mass is 175 g/mol. The van der Waals surface area contributed by atoms with Gasteiger partial charge >= 0.3 is 60.2 Å². The van der Waals surface area contributed by atoms with Gasteiger partial charge in [0.2, 0.25) is 0 Å². The Morgan fingerprint density at radius 2 is 1.88 bits per heavy atom. The Kier molecular flexibility index (Phi) is 2.73. The molecule has 2 heteroatoms. The zero-order chi connectivity index (χ0) is 5.98. The van der Waals surface area contributed by atoms with Crippen molar-refractivity contribution in [1.29, 1.82) is 0 Å². The summed E-state index contributed by atoms with van der Waals surface area (Å²) in [4.78, 5) is 0. The van der Waals surface area contributed by atoms with Crippen molar-refractivity contribution in [2.45, 2.75) is 19.8 Å². The van der Waals surface area contributed by atoms with E-state index in [4.69, 9.17) is 0 Å². The summed E-state index contributed by atoms with van der Waals surface area (Å²) < 4.78 is 0. The van der Waals surface area contributed by atoms with Crippen LogP contribution in [0.2, 0.25) is 0 Å². The van der Waals surface area contributed by atoms with Gasteiger partial charge < -0.3 is 0 Å². The molecular formula is C6H12CoS. The van der Waals surface area contributed by atoms with Crippen molar-refractivity contribution in [2.75, 3.05) is 11.5 Å². The van der Waals surface area contributed by atoms with Gasteiger partial charge in [0.1, 0.15) is 0 Å². The van der Waals surface area contributed by atoms with Crippen LogP contribution in [-0.4, -0.2) is 11.5 Å². The third kappa shape index (κ3) is 2.00. The molecule has 51 valence electrons. The molecule has 0 N–H and O–H groups in total. The zero-order valence-electron chi connectivity index (χ0n) is 5.15. The van der Waals surface area contributed by atoms with Crippen LogP contribution in [-0.2, 0) is 14.1 Å². The van der Waals surface area contributed by atoms with Crippen LogP contribution < -0.4 is 0 Å². The van der Waals surface area contributed by atoms with Crippen LogP contribution in [0.4, 0.5) is 0 Å². The fourth-order valence-electron chi connectivity index (χ4n) is 0.894. The molecule has 0 aromatic heterocycles. The minimum absolute atomic E-state index is 0.477. The predicted octanol–water partition coefficient (Wildman–Crippen LogP) is 2.15.